The molecule has 1 aliphatic carbocycles. The van der Waals surface area contributed by atoms with E-state index in [1.807, 2.05) is 13.1 Å². The molecule has 0 radical (unpaired) electrons. The topological polar surface area (TPSA) is 68.0 Å². The van der Waals surface area contributed by atoms with Gasteiger partial charge in [-0.25, -0.2) is 4.98 Å². The van der Waals surface area contributed by atoms with Crippen molar-refractivity contribution >= 4 is 17.2 Å². The molecule has 2 atom stereocenters. The number of carbonyl (C=O) groups is 1. The Bertz CT molecular complexity index is 391. The third-order valence-electron chi connectivity index (χ3n) is 3.40. The third kappa shape index (κ3) is 3.04. The minimum absolute atomic E-state index is 0.119. The Morgan fingerprint density at radius 3 is 3.12 bits per heavy atom. The van der Waals surface area contributed by atoms with Crippen molar-refractivity contribution in [3.8, 4) is 0 Å². The monoisotopic (exact) mass is 253 g/mol. The summed E-state index contributed by atoms with van der Waals surface area (Å²) in [6.07, 6.45) is 5.03. The van der Waals surface area contributed by atoms with Gasteiger partial charge in [-0.05, 0) is 32.2 Å². The Balaban J connectivity index is 1.84. The molecule has 4 nitrogen and oxygen atoms in total. The van der Waals surface area contributed by atoms with Crippen LogP contribution in [-0.4, -0.2) is 17.4 Å². The van der Waals surface area contributed by atoms with Crippen LogP contribution in [0.15, 0.2) is 6.20 Å². The van der Waals surface area contributed by atoms with Gasteiger partial charge in [-0.2, -0.15) is 0 Å². The predicted octanol–water partition coefficient (Wildman–Crippen LogP) is 1.44. The van der Waals surface area contributed by atoms with Gasteiger partial charge in [-0.3, -0.25) is 4.79 Å². The average Bonchev–Trinajstić information content (AvgIpc) is 2.94. The van der Waals surface area contributed by atoms with Crippen molar-refractivity contribution in [2.45, 2.75) is 32.7 Å². The molecule has 1 aromatic heterocycles. The summed E-state index contributed by atoms with van der Waals surface area (Å²) in [4.78, 5) is 17.3. The van der Waals surface area contributed by atoms with E-state index in [4.69, 9.17) is 5.73 Å². The van der Waals surface area contributed by atoms with Crippen LogP contribution in [0.2, 0.25) is 0 Å². The smallest absolute Gasteiger partial charge is 0.223 e. The van der Waals surface area contributed by atoms with Gasteiger partial charge in [0, 0.05) is 17.0 Å². The minimum atomic E-state index is 0.119. The van der Waals surface area contributed by atoms with Crippen molar-refractivity contribution in [1.29, 1.82) is 0 Å². The summed E-state index contributed by atoms with van der Waals surface area (Å²) < 4.78 is 0. The summed E-state index contributed by atoms with van der Waals surface area (Å²) in [7, 11) is 0. The molecule has 0 aliphatic heterocycles. The number of carbonyl (C=O) groups excluding carboxylic acids is 1. The lowest BCUT2D eigenvalue weighted by atomic mass is 9.95. The molecule has 1 amide bonds. The highest BCUT2D eigenvalue weighted by molar-refractivity contribution is 7.11. The fraction of sp³-hybridized carbons (Fsp3) is 0.667. The normalized spacial score (nSPS) is 23.9. The summed E-state index contributed by atoms with van der Waals surface area (Å²) in [6.45, 7) is 3.19. The van der Waals surface area contributed by atoms with Crippen molar-refractivity contribution in [3.63, 3.8) is 0 Å². The summed E-state index contributed by atoms with van der Waals surface area (Å²) in [5.74, 6) is 0.649. The van der Waals surface area contributed by atoms with Crippen LogP contribution in [0, 0.1) is 18.8 Å². The zero-order valence-electron chi connectivity index (χ0n) is 10.1. The second-order valence-electron chi connectivity index (χ2n) is 4.60. The van der Waals surface area contributed by atoms with Crippen LogP contribution in [-0.2, 0) is 11.3 Å². The lowest BCUT2D eigenvalue weighted by Crippen LogP contribution is -2.34. The van der Waals surface area contributed by atoms with Gasteiger partial charge in [0.05, 0.1) is 11.6 Å². The molecule has 94 valence electrons. The fourth-order valence-corrected chi connectivity index (χ4v) is 3.19. The average molecular weight is 253 g/mol. The van der Waals surface area contributed by atoms with Gasteiger partial charge < -0.3 is 11.1 Å². The lowest BCUT2D eigenvalue weighted by molar-refractivity contribution is -0.126. The maximum Gasteiger partial charge on any atom is 0.223 e. The Hall–Kier alpha value is -0.940. The lowest BCUT2D eigenvalue weighted by Gasteiger charge is -2.16. The van der Waals surface area contributed by atoms with Gasteiger partial charge in [0.25, 0.3) is 0 Å². The SMILES string of the molecule is Cc1ncc(CNC(=O)[C@@H]2CCC[C@@H]2CN)s1. The van der Waals surface area contributed by atoms with Crippen LogP contribution in [0.1, 0.15) is 29.1 Å². The molecule has 17 heavy (non-hydrogen) atoms. The van der Waals surface area contributed by atoms with E-state index in [0.29, 0.717) is 19.0 Å². The van der Waals surface area contributed by atoms with Crippen LogP contribution >= 0.6 is 11.3 Å². The first-order chi connectivity index (χ1) is 8.20. The maximum absolute atomic E-state index is 12.0. The number of nitrogens with one attached hydrogen (secondary N) is 1. The number of amides is 1. The van der Waals surface area contributed by atoms with Gasteiger partial charge in [-0.15, -0.1) is 11.3 Å². The second-order valence-corrected chi connectivity index (χ2v) is 5.92. The predicted molar refractivity (Wildman–Crippen MR) is 68.6 cm³/mol. The number of hydrogen-bond donors (Lipinski definition) is 2. The molecule has 1 saturated carbocycles. The Kier molecular flexibility index (Phi) is 4.12. The summed E-state index contributed by atoms with van der Waals surface area (Å²) in [5, 5.41) is 4.03. The molecule has 1 heterocycles. The van der Waals surface area contributed by atoms with E-state index >= 15 is 0 Å². The Morgan fingerprint density at radius 2 is 2.47 bits per heavy atom. The molecule has 1 aliphatic rings. The molecule has 1 fully saturated rings. The van der Waals surface area contributed by atoms with E-state index in [-0.39, 0.29) is 11.8 Å². The Morgan fingerprint density at radius 1 is 1.65 bits per heavy atom. The van der Waals surface area contributed by atoms with E-state index in [9.17, 15) is 4.79 Å². The van der Waals surface area contributed by atoms with E-state index < -0.39 is 0 Å². The third-order valence-corrected chi connectivity index (χ3v) is 4.32. The molecule has 5 heteroatoms. The van der Waals surface area contributed by atoms with Crippen molar-refractivity contribution < 1.29 is 4.79 Å². The van der Waals surface area contributed by atoms with Crippen molar-refractivity contribution in [1.82, 2.24) is 10.3 Å². The molecule has 0 aromatic carbocycles. The minimum Gasteiger partial charge on any atom is -0.351 e. The van der Waals surface area contributed by atoms with E-state index in [1.165, 1.54) is 0 Å². The molecule has 3 N–H and O–H groups in total. The van der Waals surface area contributed by atoms with Crippen LogP contribution in [0.4, 0.5) is 0 Å². The van der Waals surface area contributed by atoms with Gasteiger partial charge >= 0.3 is 0 Å². The van der Waals surface area contributed by atoms with Crippen LogP contribution in [0.5, 0.6) is 0 Å². The second kappa shape index (κ2) is 5.60. The van der Waals surface area contributed by atoms with Crippen molar-refractivity contribution in [2.75, 3.05) is 6.54 Å². The van der Waals surface area contributed by atoms with Crippen molar-refractivity contribution in [3.05, 3.63) is 16.1 Å². The first-order valence-corrected chi connectivity index (χ1v) is 6.91. The quantitative estimate of drug-likeness (QED) is 0.853. The zero-order chi connectivity index (χ0) is 12.3. The number of nitrogens with zero attached hydrogens (tertiary/aromatic N) is 1. The van der Waals surface area contributed by atoms with Gasteiger partial charge in [0.15, 0.2) is 0 Å². The zero-order valence-corrected chi connectivity index (χ0v) is 10.9. The summed E-state index contributed by atoms with van der Waals surface area (Å²) >= 11 is 1.63. The molecule has 0 bridgehead atoms. The molecule has 0 spiro atoms. The number of aromatic nitrogens is 1. The first kappa shape index (κ1) is 12.5. The number of thiazole rings is 1. The molecule has 0 saturated heterocycles. The first-order valence-electron chi connectivity index (χ1n) is 6.09. The van der Waals surface area contributed by atoms with E-state index in [2.05, 4.69) is 10.3 Å². The molecule has 1 aromatic rings. The van der Waals surface area contributed by atoms with Crippen molar-refractivity contribution in [2.24, 2.45) is 17.6 Å². The molecular formula is C12H19N3OS. The molecular weight excluding hydrogens is 234 g/mol. The summed E-state index contributed by atoms with van der Waals surface area (Å²) in [6, 6.07) is 0. The van der Waals surface area contributed by atoms with E-state index in [0.717, 1.165) is 29.1 Å². The highest BCUT2D eigenvalue weighted by Gasteiger charge is 2.31. The molecule has 0 unspecified atom stereocenters. The van der Waals surface area contributed by atoms with Gasteiger partial charge in [0.1, 0.15) is 0 Å². The standard InChI is InChI=1S/C12H19N3OS/c1-8-14-6-10(17-8)7-15-12(16)11-4-2-3-9(11)5-13/h6,9,11H,2-5,7,13H2,1H3,(H,15,16)/t9-,11-/m1/s1. The Labute approximate surface area is 106 Å². The number of nitrogens with two attached hydrogens (primary N) is 1. The number of hydrogen-bond acceptors (Lipinski definition) is 4. The highest BCUT2D eigenvalue weighted by atomic mass is 32.1. The highest BCUT2D eigenvalue weighted by Crippen LogP contribution is 2.31. The van der Waals surface area contributed by atoms with Gasteiger partial charge in [-0.1, -0.05) is 6.42 Å². The number of rotatable bonds is 4. The maximum atomic E-state index is 12.0. The summed E-state index contributed by atoms with van der Waals surface area (Å²) in [5.41, 5.74) is 5.68. The fourth-order valence-electron chi connectivity index (χ4n) is 2.46. The molecule has 2 rings (SSSR count). The largest absolute Gasteiger partial charge is 0.351 e. The van der Waals surface area contributed by atoms with Gasteiger partial charge in [0.2, 0.25) is 5.91 Å². The number of aryl methyl sites for hydroxylation is 1. The van der Waals surface area contributed by atoms with Crippen LogP contribution in [0.3, 0.4) is 0 Å². The van der Waals surface area contributed by atoms with Crippen LogP contribution < -0.4 is 11.1 Å². The van der Waals surface area contributed by atoms with Crippen LogP contribution in [0.25, 0.3) is 0 Å². The van der Waals surface area contributed by atoms with E-state index in [1.54, 1.807) is 11.3 Å².